The first-order valence-corrected chi connectivity index (χ1v) is 10.8. The van der Waals surface area contributed by atoms with Crippen molar-refractivity contribution in [3.63, 3.8) is 0 Å². The van der Waals surface area contributed by atoms with Crippen LogP contribution in [0.15, 0.2) is 41.6 Å². The Morgan fingerprint density at radius 3 is 2.62 bits per heavy atom. The number of hydrogen-bond donors (Lipinski definition) is 2. The molecule has 29 heavy (non-hydrogen) atoms. The van der Waals surface area contributed by atoms with E-state index in [9.17, 15) is 14.4 Å². The molecule has 0 aliphatic carbocycles. The molecule has 1 aromatic rings. The molecule has 1 fully saturated rings. The monoisotopic (exact) mass is 477 g/mol. The number of nitrogens with two attached hydrogens (primary N) is 1. The second kappa shape index (κ2) is 8.73. The van der Waals surface area contributed by atoms with E-state index in [0.29, 0.717) is 16.9 Å². The zero-order valence-electron chi connectivity index (χ0n) is 15.2. The fourth-order valence-corrected chi connectivity index (χ4v) is 4.49. The Labute approximate surface area is 186 Å². The molecule has 1 unspecified atom stereocenters. The van der Waals surface area contributed by atoms with Crippen LogP contribution in [-0.2, 0) is 19.1 Å². The molecule has 156 valence electrons. The number of rotatable bonds is 5. The Balaban J connectivity index is 1.68. The van der Waals surface area contributed by atoms with Gasteiger partial charge in [-0.3, -0.25) is 14.5 Å². The van der Waals surface area contributed by atoms with Crippen molar-refractivity contribution in [1.29, 1.82) is 0 Å². The highest BCUT2D eigenvalue weighted by Gasteiger charge is 2.54. The summed E-state index contributed by atoms with van der Waals surface area (Å²) in [6.07, 6.45) is 0. The molecule has 11 heteroatoms. The van der Waals surface area contributed by atoms with E-state index in [4.69, 9.17) is 45.3 Å². The van der Waals surface area contributed by atoms with E-state index in [2.05, 4.69) is 5.32 Å². The summed E-state index contributed by atoms with van der Waals surface area (Å²) in [7, 11) is 0. The third-order valence-corrected chi connectivity index (χ3v) is 6.21. The Morgan fingerprint density at radius 1 is 1.34 bits per heavy atom. The summed E-state index contributed by atoms with van der Waals surface area (Å²) in [6.45, 7) is 1.28. The van der Waals surface area contributed by atoms with Crippen molar-refractivity contribution in [3.8, 4) is 0 Å². The fourth-order valence-electron chi connectivity index (χ4n) is 3.03. The maximum atomic E-state index is 12.7. The molecule has 0 spiro atoms. The second-order valence-corrected chi connectivity index (χ2v) is 10.2. The number of ether oxygens (including phenoxy) is 1. The zero-order valence-corrected chi connectivity index (χ0v) is 18.3. The number of benzene rings is 1. The van der Waals surface area contributed by atoms with E-state index >= 15 is 0 Å². The number of esters is 1. The SMILES string of the molecule is CC1=C(C(=O)OCC(Cl)(Cl)Cl)N2C(=O)C(NC(=O)[C@@H](N)c3ccccc3)[C@@H]2SC1. The first kappa shape index (κ1) is 22.2. The topological polar surface area (TPSA) is 102 Å². The smallest absolute Gasteiger partial charge is 0.355 e. The van der Waals surface area contributed by atoms with Gasteiger partial charge in [0.2, 0.25) is 9.70 Å². The van der Waals surface area contributed by atoms with Gasteiger partial charge in [0.15, 0.2) is 0 Å². The number of alkyl halides is 3. The van der Waals surface area contributed by atoms with Gasteiger partial charge in [0.05, 0.1) is 0 Å². The third kappa shape index (κ3) is 4.83. The van der Waals surface area contributed by atoms with Gasteiger partial charge in [-0.2, -0.15) is 0 Å². The number of halogens is 3. The maximum absolute atomic E-state index is 12.7. The van der Waals surface area contributed by atoms with Crippen LogP contribution in [0.1, 0.15) is 18.5 Å². The standard InChI is InChI=1S/C18H18Cl3N3O4S/c1-9-7-29-16-12(23-14(25)11(22)10-5-3-2-4-6-10)15(26)24(16)13(9)17(27)28-8-18(19,20)21/h2-6,11-12,16H,7-8,22H2,1H3,(H,23,25)/t11-,12?,16-/m0/s1. The van der Waals surface area contributed by atoms with Gasteiger partial charge < -0.3 is 15.8 Å². The van der Waals surface area contributed by atoms with Crippen molar-refractivity contribution >= 4 is 64.3 Å². The summed E-state index contributed by atoms with van der Waals surface area (Å²) in [5, 5.41) is 2.24. The molecule has 2 aliphatic heterocycles. The van der Waals surface area contributed by atoms with Crippen LogP contribution < -0.4 is 11.1 Å². The van der Waals surface area contributed by atoms with Crippen molar-refractivity contribution in [2.24, 2.45) is 5.73 Å². The fraction of sp³-hybridized carbons (Fsp3) is 0.389. The number of carbonyl (C=O) groups excluding carboxylic acids is 3. The highest BCUT2D eigenvalue weighted by Crippen LogP contribution is 2.41. The Kier molecular flexibility index (Phi) is 6.70. The average Bonchev–Trinajstić information content (AvgIpc) is 2.69. The minimum atomic E-state index is -1.75. The molecule has 7 nitrogen and oxygen atoms in total. The predicted molar refractivity (Wildman–Crippen MR) is 112 cm³/mol. The number of nitrogens with one attached hydrogen (secondary N) is 1. The van der Waals surface area contributed by atoms with E-state index in [0.717, 1.165) is 0 Å². The van der Waals surface area contributed by atoms with Crippen LogP contribution in [-0.4, -0.2) is 50.3 Å². The molecular weight excluding hydrogens is 461 g/mol. The number of fused-ring (bicyclic) bond motifs is 1. The van der Waals surface area contributed by atoms with Crippen LogP contribution in [0.25, 0.3) is 0 Å². The molecule has 2 amide bonds. The lowest BCUT2D eigenvalue weighted by Crippen LogP contribution is -2.71. The van der Waals surface area contributed by atoms with Crippen LogP contribution in [0.4, 0.5) is 0 Å². The second-order valence-electron chi connectivity index (χ2n) is 6.60. The quantitative estimate of drug-likeness (QED) is 0.382. The Morgan fingerprint density at radius 2 is 2.00 bits per heavy atom. The number of nitrogens with zero attached hydrogens (tertiary/aromatic N) is 1. The highest BCUT2D eigenvalue weighted by molar-refractivity contribution is 8.00. The molecule has 0 radical (unpaired) electrons. The van der Waals surface area contributed by atoms with Crippen molar-refractivity contribution in [2.45, 2.75) is 28.2 Å². The Bertz CT molecular complexity index is 860. The molecule has 1 aromatic carbocycles. The molecule has 3 rings (SSSR count). The first-order valence-electron chi connectivity index (χ1n) is 8.59. The zero-order chi connectivity index (χ0) is 21.3. The summed E-state index contributed by atoms with van der Waals surface area (Å²) < 4.78 is 3.27. The minimum Gasteiger partial charge on any atom is -0.456 e. The van der Waals surface area contributed by atoms with Crippen molar-refractivity contribution in [2.75, 3.05) is 12.4 Å². The number of amides is 2. The summed E-state index contributed by atoms with van der Waals surface area (Å²) >= 11 is 18.3. The van der Waals surface area contributed by atoms with Gasteiger partial charge in [-0.05, 0) is 18.1 Å². The molecule has 2 aliphatic rings. The van der Waals surface area contributed by atoms with Crippen LogP contribution in [0.5, 0.6) is 0 Å². The molecule has 0 aromatic heterocycles. The lowest BCUT2D eigenvalue weighted by molar-refractivity contribution is -0.153. The van der Waals surface area contributed by atoms with Crippen molar-refractivity contribution in [1.82, 2.24) is 10.2 Å². The largest absolute Gasteiger partial charge is 0.456 e. The van der Waals surface area contributed by atoms with Gasteiger partial charge in [-0.1, -0.05) is 65.1 Å². The Hall–Kier alpha value is -1.45. The minimum absolute atomic E-state index is 0.117. The van der Waals surface area contributed by atoms with Crippen LogP contribution in [0, 0.1) is 0 Å². The van der Waals surface area contributed by atoms with Crippen LogP contribution in [0.3, 0.4) is 0 Å². The van der Waals surface area contributed by atoms with Crippen LogP contribution >= 0.6 is 46.6 Å². The van der Waals surface area contributed by atoms with E-state index in [-0.39, 0.29) is 5.70 Å². The summed E-state index contributed by atoms with van der Waals surface area (Å²) in [5.41, 5.74) is 7.41. The molecular formula is C18H18Cl3N3O4S. The van der Waals surface area contributed by atoms with E-state index in [1.165, 1.54) is 16.7 Å². The highest BCUT2D eigenvalue weighted by atomic mass is 35.6. The van der Waals surface area contributed by atoms with Gasteiger partial charge in [-0.15, -0.1) is 11.8 Å². The molecule has 2 heterocycles. The molecule has 0 saturated carbocycles. The third-order valence-electron chi connectivity index (χ3n) is 4.46. The molecule has 3 N–H and O–H groups in total. The van der Waals surface area contributed by atoms with Gasteiger partial charge in [0, 0.05) is 5.75 Å². The van der Waals surface area contributed by atoms with Crippen LogP contribution in [0.2, 0.25) is 0 Å². The van der Waals surface area contributed by atoms with Gasteiger partial charge >= 0.3 is 5.97 Å². The van der Waals surface area contributed by atoms with E-state index in [1.807, 2.05) is 6.07 Å². The normalized spacial score (nSPS) is 22.5. The molecule has 3 atom stereocenters. The summed E-state index contributed by atoms with van der Waals surface area (Å²) in [4.78, 5) is 38.9. The number of β-lactam (4-membered cyclic amide) rings is 1. The maximum Gasteiger partial charge on any atom is 0.355 e. The molecule has 1 saturated heterocycles. The predicted octanol–water partition coefficient (Wildman–Crippen LogP) is 2.27. The number of hydrogen-bond acceptors (Lipinski definition) is 6. The number of carbonyl (C=O) groups is 3. The lowest BCUT2D eigenvalue weighted by atomic mass is 10.0. The summed E-state index contributed by atoms with van der Waals surface area (Å²) in [6, 6.07) is 7.15. The number of thioether (sulfide) groups is 1. The van der Waals surface area contributed by atoms with Crippen molar-refractivity contribution < 1.29 is 19.1 Å². The van der Waals surface area contributed by atoms with E-state index in [1.54, 1.807) is 31.2 Å². The van der Waals surface area contributed by atoms with Gasteiger partial charge in [-0.25, -0.2) is 4.79 Å². The summed E-state index contributed by atoms with van der Waals surface area (Å²) in [5.74, 6) is -1.15. The average molecular weight is 479 g/mol. The van der Waals surface area contributed by atoms with E-state index < -0.39 is 45.6 Å². The van der Waals surface area contributed by atoms with Crippen molar-refractivity contribution in [3.05, 3.63) is 47.2 Å². The van der Waals surface area contributed by atoms with Gasteiger partial charge in [0.25, 0.3) is 5.91 Å². The lowest BCUT2D eigenvalue weighted by Gasteiger charge is -2.49. The van der Waals surface area contributed by atoms with Gasteiger partial charge in [0.1, 0.15) is 29.8 Å². The first-order chi connectivity index (χ1) is 13.6. The molecule has 0 bridgehead atoms.